The highest BCUT2D eigenvalue weighted by Crippen LogP contribution is 2.06. The van der Waals surface area contributed by atoms with Crippen LogP contribution in [0.4, 0.5) is 0 Å². The van der Waals surface area contributed by atoms with Gasteiger partial charge in [0.05, 0.1) is 12.7 Å². The van der Waals surface area contributed by atoms with Gasteiger partial charge in [-0.15, -0.1) is 0 Å². The number of aromatic nitrogens is 2. The first-order chi connectivity index (χ1) is 8.10. The first-order valence-electron chi connectivity index (χ1n) is 5.26. The summed E-state index contributed by atoms with van der Waals surface area (Å²) in [4.78, 5) is 0.217. The molecule has 0 radical (unpaired) electrons. The molecule has 98 valence electrons. The van der Waals surface area contributed by atoms with E-state index in [1.54, 1.807) is 22.6 Å². The van der Waals surface area contributed by atoms with Gasteiger partial charge < -0.3 is 5.32 Å². The molecule has 17 heavy (non-hydrogen) atoms. The molecule has 0 aliphatic heterocycles. The van der Waals surface area contributed by atoms with E-state index < -0.39 is 10.0 Å². The monoisotopic (exact) mass is 278 g/mol. The molecular formula is C9H18N4O2S2. The van der Waals surface area contributed by atoms with Crippen LogP contribution in [0.3, 0.4) is 0 Å². The van der Waals surface area contributed by atoms with E-state index in [-0.39, 0.29) is 4.90 Å². The lowest BCUT2D eigenvalue weighted by molar-refractivity contribution is 0.577. The molecule has 0 saturated heterocycles. The molecule has 2 N–H and O–H groups in total. The topological polar surface area (TPSA) is 76.0 Å². The fourth-order valence-corrected chi connectivity index (χ4v) is 2.61. The van der Waals surface area contributed by atoms with Gasteiger partial charge >= 0.3 is 0 Å². The molecule has 0 amide bonds. The van der Waals surface area contributed by atoms with Crippen LogP contribution in [0.1, 0.15) is 0 Å². The molecule has 8 heteroatoms. The lowest BCUT2D eigenvalue weighted by Crippen LogP contribution is -2.25. The molecule has 0 fully saturated rings. The lowest BCUT2D eigenvalue weighted by atomic mass is 10.6. The predicted molar refractivity (Wildman–Crippen MR) is 69.7 cm³/mol. The van der Waals surface area contributed by atoms with E-state index >= 15 is 0 Å². The van der Waals surface area contributed by atoms with Crippen molar-refractivity contribution in [2.75, 3.05) is 32.1 Å². The minimum atomic E-state index is -3.40. The van der Waals surface area contributed by atoms with Crippen molar-refractivity contribution in [2.24, 2.45) is 0 Å². The van der Waals surface area contributed by atoms with Crippen LogP contribution in [0, 0.1) is 0 Å². The number of sulfonamides is 1. The Morgan fingerprint density at radius 3 is 2.88 bits per heavy atom. The summed E-state index contributed by atoms with van der Waals surface area (Å²) in [6.07, 6.45) is 4.85. The summed E-state index contributed by atoms with van der Waals surface area (Å²) in [7, 11) is -1.57. The number of hydrogen-bond acceptors (Lipinski definition) is 5. The minimum absolute atomic E-state index is 0.217. The Bertz CT molecular complexity index is 430. The molecule has 0 atom stereocenters. The molecule has 0 bridgehead atoms. The van der Waals surface area contributed by atoms with Crippen molar-refractivity contribution in [1.82, 2.24) is 19.8 Å². The standard InChI is InChI=1S/C9H18N4O2S2/c1-10-3-5-13-8-9(7-11-13)17(14,15)12-4-6-16-2/h7-8,10,12H,3-6H2,1-2H3. The van der Waals surface area contributed by atoms with Crippen molar-refractivity contribution in [3.63, 3.8) is 0 Å². The second-order valence-corrected chi connectivity index (χ2v) is 6.19. The molecule has 0 aliphatic rings. The Labute approximate surface area is 106 Å². The van der Waals surface area contributed by atoms with E-state index in [1.807, 2.05) is 13.3 Å². The highest BCUT2D eigenvalue weighted by atomic mass is 32.2. The lowest BCUT2D eigenvalue weighted by Gasteiger charge is -2.03. The Hall–Kier alpha value is -0.570. The zero-order valence-corrected chi connectivity index (χ0v) is 11.6. The van der Waals surface area contributed by atoms with E-state index in [4.69, 9.17) is 0 Å². The van der Waals surface area contributed by atoms with E-state index in [1.165, 1.54) is 6.20 Å². The number of nitrogens with one attached hydrogen (secondary N) is 2. The van der Waals surface area contributed by atoms with Crippen LogP contribution in [0.5, 0.6) is 0 Å². The number of rotatable bonds is 8. The molecular weight excluding hydrogens is 260 g/mol. The third-order valence-corrected chi connectivity index (χ3v) is 4.14. The normalized spacial score (nSPS) is 11.9. The zero-order valence-electron chi connectivity index (χ0n) is 10.0. The molecule has 1 aromatic heterocycles. The largest absolute Gasteiger partial charge is 0.318 e. The Morgan fingerprint density at radius 2 is 2.24 bits per heavy atom. The third kappa shape index (κ3) is 4.66. The summed E-state index contributed by atoms with van der Waals surface area (Å²) in [6.45, 7) is 1.84. The Kier molecular flexibility index (Phi) is 5.96. The van der Waals surface area contributed by atoms with E-state index in [0.29, 0.717) is 13.1 Å². The van der Waals surface area contributed by atoms with Gasteiger partial charge in [0.2, 0.25) is 10.0 Å². The van der Waals surface area contributed by atoms with Crippen LogP contribution in [0.15, 0.2) is 17.3 Å². The highest BCUT2D eigenvalue weighted by Gasteiger charge is 2.15. The third-order valence-electron chi connectivity index (χ3n) is 2.11. The summed E-state index contributed by atoms with van der Waals surface area (Å²) < 4.78 is 27.7. The second kappa shape index (κ2) is 7.00. The summed E-state index contributed by atoms with van der Waals surface area (Å²) in [5.74, 6) is 0.757. The first-order valence-corrected chi connectivity index (χ1v) is 8.13. The smallest absolute Gasteiger partial charge is 0.243 e. The van der Waals surface area contributed by atoms with Crippen LogP contribution in [-0.4, -0.2) is 50.3 Å². The molecule has 1 rings (SSSR count). The summed E-state index contributed by atoms with van der Waals surface area (Å²) in [5, 5.41) is 6.98. The van der Waals surface area contributed by atoms with Crippen LogP contribution in [0.2, 0.25) is 0 Å². The van der Waals surface area contributed by atoms with Crippen molar-refractivity contribution < 1.29 is 8.42 Å². The number of thioether (sulfide) groups is 1. The van der Waals surface area contributed by atoms with Gasteiger partial charge in [-0.1, -0.05) is 0 Å². The first kappa shape index (κ1) is 14.5. The van der Waals surface area contributed by atoms with Gasteiger partial charge in [-0.25, -0.2) is 13.1 Å². The van der Waals surface area contributed by atoms with Crippen LogP contribution in [0.25, 0.3) is 0 Å². The molecule has 0 aliphatic carbocycles. The van der Waals surface area contributed by atoms with Gasteiger partial charge in [-0.05, 0) is 13.3 Å². The molecule has 0 spiro atoms. The fourth-order valence-electron chi connectivity index (χ4n) is 1.19. The zero-order chi connectivity index (χ0) is 12.7. The van der Waals surface area contributed by atoms with Crippen molar-refractivity contribution in [1.29, 1.82) is 0 Å². The van der Waals surface area contributed by atoms with Crippen LogP contribution >= 0.6 is 11.8 Å². The summed E-state index contributed by atoms with van der Waals surface area (Å²) in [6, 6.07) is 0. The fraction of sp³-hybridized carbons (Fsp3) is 0.667. The average molecular weight is 278 g/mol. The predicted octanol–water partition coefficient (Wildman–Crippen LogP) is -0.256. The van der Waals surface area contributed by atoms with Gasteiger partial charge in [0.15, 0.2) is 0 Å². The van der Waals surface area contributed by atoms with Gasteiger partial charge in [0.25, 0.3) is 0 Å². The van der Waals surface area contributed by atoms with Gasteiger partial charge in [-0.3, -0.25) is 4.68 Å². The average Bonchev–Trinajstić information content (AvgIpc) is 2.76. The number of likely N-dealkylation sites (N-methyl/N-ethyl adjacent to an activating group) is 1. The number of nitrogens with zero attached hydrogens (tertiary/aromatic N) is 2. The van der Waals surface area contributed by atoms with Crippen molar-refractivity contribution in [3.8, 4) is 0 Å². The maximum atomic E-state index is 11.8. The summed E-state index contributed by atoms with van der Waals surface area (Å²) in [5.41, 5.74) is 0. The van der Waals surface area contributed by atoms with Crippen LogP contribution < -0.4 is 10.0 Å². The van der Waals surface area contributed by atoms with Crippen molar-refractivity contribution in [2.45, 2.75) is 11.4 Å². The SMILES string of the molecule is CNCCn1cc(S(=O)(=O)NCCSC)cn1. The summed E-state index contributed by atoms with van der Waals surface area (Å²) >= 11 is 1.60. The van der Waals surface area contributed by atoms with Gasteiger partial charge in [-0.2, -0.15) is 16.9 Å². The molecule has 1 heterocycles. The molecule has 0 saturated carbocycles. The second-order valence-electron chi connectivity index (χ2n) is 3.43. The van der Waals surface area contributed by atoms with E-state index in [0.717, 1.165) is 12.3 Å². The highest BCUT2D eigenvalue weighted by molar-refractivity contribution is 7.98. The molecule has 6 nitrogen and oxygen atoms in total. The Balaban J connectivity index is 2.61. The minimum Gasteiger partial charge on any atom is -0.318 e. The molecule has 0 aromatic carbocycles. The Morgan fingerprint density at radius 1 is 1.47 bits per heavy atom. The maximum absolute atomic E-state index is 11.8. The number of hydrogen-bond donors (Lipinski definition) is 2. The maximum Gasteiger partial charge on any atom is 0.243 e. The quantitative estimate of drug-likeness (QED) is 0.641. The molecule has 1 aromatic rings. The molecule has 0 unspecified atom stereocenters. The van der Waals surface area contributed by atoms with Crippen molar-refractivity contribution in [3.05, 3.63) is 12.4 Å². The van der Waals surface area contributed by atoms with Gasteiger partial charge in [0.1, 0.15) is 4.90 Å². The van der Waals surface area contributed by atoms with E-state index in [2.05, 4.69) is 15.1 Å². The van der Waals surface area contributed by atoms with Gasteiger partial charge in [0, 0.05) is 25.0 Å². The van der Waals surface area contributed by atoms with Crippen LogP contribution in [-0.2, 0) is 16.6 Å². The van der Waals surface area contributed by atoms with E-state index in [9.17, 15) is 8.42 Å². The van der Waals surface area contributed by atoms with Crippen molar-refractivity contribution >= 4 is 21.8 Å².